The number of hydrogen-bond acceptors (Lipinski definition) is 6. The van der Waals surface area contributed by atoms with E-state index in [4.69, 9.17) is 15.0 Å². The van der Waals surface area contributed by atoms with Gasteiger partial charge in [0, 0.05) is 80.0 Å². The van der Waals surface area contributed by atoms with Crippen LogP contribution in [0.1, 0.15) is 0 Å². The van der Waals surface area contributed by atoms with Crippen molar-refractivity contribution in [1.82, 2.24) is 19.5 Å². The van der Waals surface area contributed by atoms with Gasteiger partial charge in [-0.2, -0.15) is 0 Å². The highest BCUT2D eigenvalue weighted by atomic mass is 32.1. The van der Waals surface area contributed by atoms with Crippen LogP contribution in [0.3, 0.4) is 0 Å². The second-order valence-electron chi connectivity index (χ2n) is 20.6. The molecule has 5 nitrogen and oxygen atoms in total. The molecule has 5 heterocycles. The lowest BCUT2D eigenvalue weighted by atomic mass is 9.99. The summed E-state index contributed by atoms with van der Waals surface area (Å²) in [7, 11) is -3.37. The molecule has 0 spiro atoms. The lowest BCUT2D eigenvalue weighted by Gasteiger charge is -2.21. The molecule has 11 aromatic carbocycles. The molecule has 16 aromatic rings. The topological polar surface area (TPSA) is 60.7 Å². The Morgan fingerprint density at radius 1 is 0.321 bits per heavy atom. The van der Waals surface area contributed by atoms with Crippen LogP contribution in [0.4, 0.5) is 0 Å². The Hall–Kier alpha value is -9.62. The minimum absolute atomic E-state index is 0.776. The molecule has 5 aromatic heterocycles. The van der Waals surface area contributed by atoms with E-state index in [1.54, 1.807) is 22.7 Å². The average molecular weight is 1090 g/mol. The molecule has 81 heavy (non-hydrogen) atoms. The van der Waals surface area contributed by atoms with Crippen LogP contribution in [0.5, 0.6) is 0 Å². The molecule has 1 atom stereocenters. The van der Waals surface area contributed by atoms with E-state index in [0.717, 1.165) is 120 Å². The van der Waals surface area contributed by atoms with Gasteiger partial charge in [-0.25, -0.2) is 15.0 Å². The summed E-state index contributed by atoms with van der Waals surface area (Å²) in [6, 6.07) is 95.3. The summed E-state index contributed by atoms with van der Waals surface area (Å²) in [5, 5.41) is 9.51. The third kappa shape index (κ3) is 7.80. The van der Waals surface area contributed by atoms with Gasteiger partial charge in [-0.1, -0.05) is 218 Å². The van der Waals surface area contributed by atoms with E-state index in [1.807, 2.05) is 48.5 Å². The van der Waals surface area contributed by atoms with E-state index in [-0.39, 0.29) is 0 Å². The van der Waals surface area contributed by atoms with Gasteiger partial charge in [0.05, 0.1) is 42.9 Å². The zero-order valence-corrected chi connectivity index (χ0v) is 46.0. The fourth-order valence-corrected chi connectivity index (χ4v) is 17.1. The third-order valence-corrected chi connectivity index (χ3v) is 21.3. The number of pyridine rings is 2. The first-order valence-electron chi connectivity index (χ1n) is 27.1. The van der Waals surface area contributed by atoms with Crippen molar-refractivity contribution in [1.29, 1.82) is 0 Å². The minimum atomic E-state index is -3.37. The van der Waals surface area contributed by atoms with Crippen molar-refractivity contribution in [2.45, 2.75) is 0 Å². The molecule has 0 aliphatic carbocycles. The summed E-state index contributed by atoms with van der Waals surface area (Å²) in [5.74, 6) is 0.920. The molecule has 0 aliphatic rings. The number of fused-ring (bicyclic) bond motifs is 11. The normalized spacial score (nSPS) is 12.6. The van der Waals surface area contributed by atoms with Crippen LogP contribution < -0.4 is 15.9 Å². The summed E-state index contributed by atoms with van der Waals surface area (Å²) in [6.45, 7) is 0. The highest BCUT2D eigenvalue weighted by Crippen LogP contribution is 2.48. The number of rotatable bonds is 9. The summed E-state index contributed by atoms with van der Waals surface area (Å²) >= 11 is 3.56. The lowest BCUT2D eigenvalue weighted by Crippen LogP contribution is -2.25. The number of hydrogen-bond donors (Lipinski definition) is 0. The molecule has 0 aliphatic heterocycles. The molecule has 0 saturated heterocycles. The van der Waals surface area contributed by atoms with Crippen LogP contribution in [0, 0.1) is 0 Å². The Morgan fingerprint density at radius 3 is 1.47 bits per heavy atom. The van der Waals surface area contributed by atoms with E-state index >= 15 is 4.57 Å². The van der Waals surface area contributed by atoms with Crippen molar-refractivity contribution >= 4 is 119 Å². The Bertz CT molecular complexity index is 5190. The van der Waals surface area contributed by atoms with Crippen LogP contribution >= 0.6 is 29.8 Å². The molecular formula is C73H45N4OPS2. The average Bonchev–Trinajstić information content (AvgIpc) is 4.28. The minimum Gasteiger partial charge on any atom is -0.309 e. The molecule has 0 bridgehead atoms. The van der Waals surface area contributed by atoms with Gasteiger partial charge in [0.25, 0.3) is 0 Å². The molecule has 380 valence electrons. The molecule has 0 N–H and O–H groups in total. The Labute approximate surface area is 474 Å². The molecule has 0 fully saturated rings. The maximum Gasteiger partial charge on any atom is 0.171 e. The zero-order valence-electron chi connectivity index (χ0n) is 43.4. The van der Waals surface area contributed by atoms with Crippen LogP contribution in [-0.4, -0.2) is 19.5 Å². The molecule has 8 heteroatoms. The number of thiophene rings is 2. The predicted molar refractivity (Wildman–Crippen MR) is 344 cm³/mol. The van der Waals surface area contributed by atoms with E-state index < -0.39 is 7.14 Å². The molecule has 0 amide bonds. The van der Waals surface area contributed by atoms with Crippen LogP contribution in [-0.2, 0) is 4.57 Å². The van der Waals surface area contributed by atoms with E-state index in [9.17, 15) is 0 Å². The van der Waals surface area contributed by atoms with Crippen molar-refractivity contribution < 1.29 is 4.57 Å². The predicted octanol–water partition coefficient (Wildman–Crippen LogP) is 18.8. The highest BCUT2D eigenvalue weighted by Gasteiger charge is 2.31. The van der Waals surface area contributed by atoms with Gasteiger partial charge in [0.1, 0.15) is 5.82 Å². The lowest BCUT2D eigenvalue weighted by molar-refractivity contribution is 0.592. The van der Waals surface area contributed by atoms with E-state index in [2.05, 4.69) is 229 Å². The first-order valence-corrected chi connectivity index (χ1v) is 30.4. The molecule has 0 saturated carbocycles. The van der Waals surface area contributed by atoms with Gasteiger partial charge < -0.3 is 4.57 Å². The second kappa shape index (κ2) is 19.0. The second-order valence-corrected chi connectivity index (χ2v) is 25.4. The van der Waals surface area contributed by atoms with Gasteiger partial charge in [0.15, 0.2) is 7.14 Å². The first kappa shape index (κ1) is 47.4. The van der Waals surface area contributed by atoms with Gasteiger partial charge in [-0.05, 0) is 76.9 Å². The molecule has 0 radical (unpaired) electrons. The summed E-state index contributed by atoms with van der Waals surface area (Å²) in [4.78, 5) is 15.7. The van der Waals surface area contributed by atoms with Gasteiger partial charge in [-0.15, -0.1) is 22.7 Å². The SMILES string of the molecule is O=P(c1ccccc1)(c1ccc(-c2nc3ccccc3c3c2sc2ccccc23)cc1)c1cccc(-c2ccc3c(c2)sc2c(-c4ccc(-c5ccc(-n6c(-c7ccccc7)nc7ccccc76)cc5)cc4)nc4ccccc4c23)c1. The van der Waals surface area contributed by atoms with Crippen molar-refractivity contribution in [2.75, 3.05) is 0 Å². The maximum absolute atomic E-state index is 16.2. The molecule has 1 unspecified atom stereocenters. The Balaban J connectivity index is 0.747. The standard InChI is InChI=1S/C73H45N4OPS2/c78-79(54-19-5-2-6-20-54,55-41-36-49(37-42-55)70-71-67(57-22-7-10-25-61(57)75-70)59-24-9-14-29-65(59)80-71)56-21-15-18-51(44-56)52-38-43-60-66(45-52)81-72-68(60)58-23-8-11-26-62(58)74-69(72)48-32-30-46(31-33-48)47-34-39-53(40-35-47)77-64-28-13-12-27-63(64)76-73(77)50-16-3-1-4-17-50/h1-45H. The van der Waals surface area contributed by atoms with E-state index in [0.29, 0.717) is 0 Å². The third-order valence-electron chi connectivity index (χ3n) is 15.9. The fourth-order valence-electron chi connectivity index (χ4n) is 12.0. The van der Waals surface area contributed by atoms with Gasteiger partial charge in [-0.3, -0.25) is 4.57 Å². The quantitative estimate of drug-likeness (QED) is 0.135. The number of nitrogens with zero attached hydrogens (tertiary/aromatic N) is 4. The largest absolute Gasteiger partial charge is 0.309 e. The van der Waals surface area contributed by atoms with Crippen LogP contribution in [0.25, 0.3) is 135 Å². The number of para-hydroxylation sites is 4. The fraction of sp³-hybridized carbons (Fsp3) is 0. The van der Waals surface area contributed by atoms with Crippen molar-refractivity contribution in [3.8, 4) is 61.8 Å². The Kier molecular flexibility index (Phi) is 11.1. The number of imidazole rings is 1. The van der Waals surface area contributed by atoms with Crippen molar-refractivity contribution in [2.24, 2.45) is 0 Å². The van der Waals surface area contributed by atoms with Gasteiger partial charge in [0.2, 0.25) is 0 Å². The monoisotopic (exact) mass is 1090 g/mol. The van der Waals surface area contributed by atoms with Gasteiger partial charge >= 0.3 is 0 Å². The summed E-state index contributed by atoms with van der Waals surface area (Å²) < 4.78 is 23.2. The zero-order chi connectivity index (χ0) is 53.6. The Morgan fingerprint density at radius 2 is 0.790 bits per heavy atom. The van der Waals surface area contributed by atoms with Crippen LogP contribution in [0.15, 0.2) is 273 Å². The van der Waals surface area contributed by atoms with E-state index in [1.165, 1.54) is 30.9 Å². The molecule has 16 rings (SSSR count). The highest BCUT2D eigenvalue weighted by molar-refractivity contribution is 7.85. The van der Waals surface area contributed by atoms with Crippen molar-refractivity contribution in [3.05, 3.63) is 273 Å². The molecular weight excluding hydrogens is 1040 g/mol. The smallest absolute Gasteiger partial charge is 0.171 e. The van der Waals surface area contributed by atoms with Crippen molar-refractivity contribution in [3.63, 3.8) is 0 Å². The summed E-state index contributed by atoms with van der Waals surface area (Å²) in [5.41, 5.74) is 14.4. The number of benzene rings is 11. The number of aromatic nitrogens is 4. The van der Waals surface area contributed by atoms with Crippen LogP contribution in [0.2, 0.25) is 0 Å². The first-order chi connectivity index (χ1) is 40.0. The maximum atomic E-state index is 16.2. The summed E-state index contributed by atoms with van der Waals surface area (Å²) in [6.07, 6.45) is 0.